The first-order chi connectivity index (χ1) is 12.9. The molecule has 0 saturated carbocycles. The maximum absolute atomic E-state index is 6.26. The molecule has 3 aliphatic heterocycles. The van der Waals surface area contributed by atoms with Crippen LogP contribution in [0.1, 0.15) is 36.0 Å². The summed E-state index contributed by atoms with van der Waals surface area (Å²) in [4.78, 5) is 16.1. The van der Waals surface area contributed by atoms with E-state index in [0.717, 1.165) is 61.8 Å². The van der Waals surface area contributed by atoms with Gasteiger partial charge in [-0.05, 0) is 30.2 Å². The molecular formula is C20H22N4O2. The van der Waals surface area contributed by atoms with Gasteiger partial charge in [-0.3, -0.25) is 4.99 Å². The number of aliphatic imine (C=N–C) groups is 1. The summed E-state index contributed by atoms with van der Waals surface area (Å²) >= 11 is 0. The van der Waals surface area contributed by atoms with Gasteiger partial charge in [0.1, 0.15) is 11.9 Å². The number of ether oxygens (including phenoxy) is 2. The van der Waals surface area contributed by atoms with E-state index in [1.807, 2.05) is 24.5 Å². The van der Waals surface area contributed by atoms with Crippen molar-refractivity contribution in [3.8, 4) is 5.88 Å². The molecule has 0 bridgehead atoms. The highest BCUT2D eigenvalue weighted by Gasteiger charge is 2.26. The average Bonchev–Trinajstić information content (AvgIpc) is 3.07. The van der Waals surface area contributed by atoms with Gasteiger partial charge >= 0.3 is 0 Å². The Hall–Kier alpha value is -2.47. The minimum Gasteiger partial charge on any atom is -0.474 e. The topological polar surface area (TPSA) is 59.8 Å². The lowest BCUT2D eigenvalue weighted by molar-refractivity contribution is 0.0236. The van der Waals surface area contributed by atoms with Gasteiger partial charge in [-0.2, -0.15) is 0 Å². The predicted octanol–water partition coefficient (Wildman–Crippen LogP) is 2.60. The molecule has 0 unspecified atom stereocenters. The van der Waals surface area contributed by atoms with E-state index in [2.05, 4.69) is 20.9 Å². The quantitative estimate of drug-likeness (QED) is 0.848. The van der Waals surface area contributed by atoms with Gasteiger partial charge in [0.25, 0.3) is 0 Å². The van der Waals surface area contributed by atoms with Crippen molar-refractivity contribution in [1.82, 2.24) is 9.97 Å². The molecule has 6 heteroatoms. The first-order valence-electron chi connectivity index (χ1n) is 9.37. The van der Waals surface area contributed by atoms with Crippen LogP contribution in [0.4, 0.5) is 5.82 Å². The lowest BCUT2D eigenvalue weighted by atomic mass is 10.0. The van der Waals surface area contributed by atoms with Crippen molar-refractivity contribution in [2.45, 2.75) is 31.9 Å². The van der Waals surface area contributed by atoms with Gasteiger partial charge in [0.15, 0.2) is 0 Å². The molecule has 0 aromatic carbocycles. The summed E-state index contributed by atoms with van der Waals surface area (Å²) in [5.74, 6) is 1.73. The van der Waals surface area contributed by atoms with Crippen LogP contribution in [0, 0.1) is 0 Å². The molecular weight excluding hydrogens is 328 g/mol. The summed E-state index contributed by atoms with van der Waals surface area (Å²) in [7, 11) is 0. The number of aromatic nitrogens is 2. The first-order valence-corrected chi connectivity index (χ1v) is 9.37. The van der Waals surface area contributed by atoms with E-state index in [0.29, 0.717) is 12.4 Å². The fourth-order valence-electron chi connectivity index (χ4n) is 3.67. The third-order valence-electron chi connectivity index (χ3n) is 5.29. The monoisotopic (exact) mass is 350 g/mol. The maximum Gasteiger partial charge on any atom is 0.223 e. The van der Waals surface area contributed by atoms with Crippen LogP contribution in [-0.4, -0.2) is 48.1 Å². The number of rotatable bonds is 4. The fraction of sp³-hybridized carbons (Fsp3) is 0.450. The summed E-state index contributed by atoms with van der Waals surface area (Å²) in [5.41, 5.74) is 4.28. The van der Waals surface area contributed by atoms with Crippen molar-refractivity contribution in [2.75, 3.05) is 31.2 Å². The van der Waals surface area contributed by atoms with Crippen LogP contribution >= 0.6 is 0 Å². The standard InChI is InChI=1S/C20H22N4O2/c1-8-24(9-1)17-12-14(2-6-21-17)19-18-15(13-23-19)3-7-22-20(18)26-16-4-10-25-11-5-16/h2-3,6-7,12,16H,1,4-5,8-11,13H2. The van der Waals surface area contributed by atoms with Gasteiger partial charge in [0, 0.05) is 43.9 Å². The Morgan fingerprint density at radius 2 is 1.92 bits per heavy atom. The molecule has 6 nitrogen and oxygen atoms in total. The van der Waals surface area contributed by atoms with Gasteiger partial charge in [0.05, 0.1) is 31.0 Å². The smallest absolute Gasteiger partial charge is 0.223 e. The average molecular weight is 350 g/mol. The van der Waals surface area contributed by atoms with Crippen molar-refractivity contribution in [2.24, 2.45) is 4.99 Å². The van der Waals surface area contributed by atoms with Gasteiger partial charge < -0.3 is 14.4 Å². The minimum absolute atomic E-state index is 0.165. The zero-order chi connectivity index (χ0) is 17.3. The molecule has 0 aliphatic carbocycles. The molecule has 5 heterocycles. The lowest BCUT2D eigenvalue weighted by Crippen LogP contribution is -2.37. The predicted molar refractivity (Wildman–Crippen MR) is 99.1 cm³/mol. The van der Waals surface area contributed by atoms with Crippen LogP contribution in [0.5, 0.6) is 5.88 Å². The third kappa shape index (κ3) is 2.84. The fourth-order valence-corrected chi connectivity index (χ4v) is 3.67. The Morgan fingerprint density at radius 1 is 1.08 bits per heavy atom. The molecule has 2 aromatic heterocycles. The Bertz CT molecular complexity index is 841. The Labute approximate surface area is 152 Å². The maximum atomic E-state index is 6.26. The van der Waals surface area contributed by atoms with Gasteiger partial charge in [0.2, 0.25) is 5.88 Å². The zero-order valence-corrected chi connectivity index (χ0v) is 14.7. The highest BCUT2D eigenvalue weighted by atomic mass is 16.5. The van der Waals surface area contributed by atoms with Crippen molar-refractivity contribution < 1.29 is 9.47 Å². The summed E-state index contributed by atoms with van der Waals surface area (Å²) in [6.45, 7) is 4.35. The lowest BCUT2D eigenvalue weighted by Gasteiger charge is -2.32. The zero-order valence-electron chi connectivity index (χ0n) is 14.7. The molecule has 2 aromatic rings. The normalized spacial score (nSPS) is 19.7. The van der Waals surface area contributed by atoms with Crippen LogP contribution in [0.25, 0.3) is 0 Å². The molecule has 134 valence electrons. The molecule has 3 aliphatic rings. The Balaban J connectivity index is 1.47. The van der Waals surface area contributed by atoms with E-state index in [9.17, 15) is 0 Å². The second kappa shape index (κ2) is 6.68. The summed E-state index contributed by atoms with van der Waals surface area (Å²) < 4.78 is 11.7. The van der Waals surface area contributed by atoms with E-state index in [1.165, 1.54) is 12.0 Å². The van der Waals surface area contributed by atoms with Crippen LogP contribution in [0.15, 0.2) is 35.6 Å². The molecule has 0 radical (unpaired) electrons. The summed E-state index contributed by atoms with van der Waals surface area (Å²) in [6.07, 6.45) is 6.92. The third-order valence-corrected chi connectivity index (χ3v) is 5.29. The number of pyridine rings is 2. The molecule has 26 heavy (non-hydrogen) atoms. The van der Waals surface area contributed by atoms with E-state index in [1.54, 1.807) is 0 Å². The highest BCUT2D eigenvalue weighted by Crippen LogP contribution is 2.32. The number of nitrogens with zero attached hydrogens (tertiary/aromatic N) is 4. The molecule has 0 N–H and O–H groups in total. The van der Waals surface area contributed by atoms with Crippen molar-refractivity contribution in [1.29, 1.82) is 0 Å². The molecule has 0 amide bonds. The molecule has 0 spiro atoms. The van der Waals surface area contributed by atoms with E-state index < -0.39 is 0 Å². The van der Waals surface area contributed by atoms with Crippen molar-refractivity contribution in [3.05, 3.63) is 47.3 Å². The van der Waals surface area contributed by atoms with E-state index >= 15 is 0 Å². The largest absolute Gasteiger partial charge is 0.474 e. The number of fused-ring (bicyclic) bond motifs is 1. The summed E-state index contributed by atoms with van der Waals surface area (Å²) in [6, 6.07) is 6.21. The number of hydrogen-bond acceptors (Lipinski definition) is 6. The number of anilines is 1. The van der Waals surface area contributed by atoms with Gasteiger partial charge in [-0.25, -0.2) is 9.97 Å². The van der Waals surface area contributed by atoms with E-state index in [-0.39, 0.29) is 6.10 Å². The second-order valence-corrected chi connectivity index (χ2v) is 6.99. The van der Waals surface area contributed by atoms with Crippen LogP contribution in [0.2, 0.25) is 0 Å². The minimum atomic E-state index is 0.165. The molecule has 2 fully saturated rings. The molecule has 5 rings (SSSR count). The van der Waals surface area contributed by atoms with Crippen LogP contribution in [0.3, 0.4) is 0 Å². The van der Waals surface area contributed by atoms with Crippen molar-refractivity contribution >= 4 is 11.5 Å². The first kappa shape index (κ1) is 15.8. The van der Waals surface area contributed by atoms with Crippen LogP contribution in [-0.2, 0) is 11.3 Å². The highest BCUT2D eigenvalue weighted by molar-refractivity contribution is 6.16. The molecule has 0 atom stereocenters. The van der Waals surface area contributed by atoms with Gasteiger partial charge in [-0.15, -0.1) is 0 Å². The van der Waals surface area contributed by atoms with Crippen molar-refractivity contribution in [3.63, 3.8) is 0 Å². The Morgan fingerprint density at radius 3 is 2.73 bits per heavy atom. The second-order valence-electron chi connectivity index (χ2n) is 6.99. The van der Waals surface area contributed by atoms with E-state index in [4.69, 9.17) is 14.5 Å². The number of hydrogen-bond donors (Lipinski definition) is 0. The van der Waals surface area contributed by atoms with Crippen LogP contribution < -0.4 is 9.64 Å². The van der Waals surface area contributed by atoms with Gasteiger partial charge in [-0.1, -0.05) is 0 Å². The Kier molecular flexibility index (Phi) is 4.05. The SMILES string of the molecule is c1cc(C2=NCc3ccnc(OC4CCOCC4)c32)cc(N2CCC2)n1. The molecule has 2 saturated heterocycles. The summed E-state index contributed by atoms with van der Waals surface area (Å²) in [5, 5.41) is 0.